The molecule has 3 heterocycles. The van der Waals surface area contributed by atoms with E-state index in [2.05, 4.69) is 32.0 Å². The van der Waals surface area contributed by atoms with Crippen LogP contribution in [0.1, 0.15) is 38.2 Å². The minimum atomic E-state index is 0.710. The van der Waals surface area contributed by atoms with Gasteiger partial charge in [0.2, 0.25) is 5.95 Å². The van der Waals surface area contributed by atoms with Crippen molar-refractivity contribution in [3.8, 4) is 0 Å². The Morgan fingerprint density at radius 1 is 1.19 bits per heavy atom. The maximum Gasteiger partial charge on any atom is 0.225 e. The summed E-state index contributed by atoms with van der Waals surface area (Å²) in [5.41, 5.74) is 1.17. The van der Waals surface area contributed by atoms with Gasteiger partial charge in [-0.15, -0.1) is 0 Å². The van der Waals surface area contributed by atoms with Gasteiger partial charge in [-0.3, -0.25) is 4.90 Å². The van der Waals surface area contributed by atoms with Gasteiger partial charge >= 0.3 is 0 Å². The number of nitrogens with zero attached hydrogens (tertiary/aromatic N) is 4. The lowest BCUT2D eigenvalue weighted by atomic mass is 10.2. The van der Waals surface area contributed by atoms with Crippen molar-refractivity contribution in [1.29, 1.82) is 0 Å². The Balaban J connectivity index is 1.60. The van der Waals surface area contributed by atoms with Gasteiger partial charge in [0.1, 0.15) is 0 Å². The van der Waals surface area contributed by atoms with Crippen molar-refractivity contribution in [2.75, 3.05) is 37.6 Å². The summed E-state index contributed by atoms with van der Waals surface area (Å²) in [7, 11) is 0. The number of rotatable bonds is 5. The molecular formula is C16H27N5. The van der Waals surface area contributed by atoms with Crippen molar-refractivity contribution in [1.82, 2.24) is 20.2 Å². The van der Waals surface area contributed by atoms with Crippen LogP contribution >= 0.6 is 0 Å². The Hall–Kier alpha value is -1.20. The van der Waals surface area contributed by atoms with E-state index in [0.717, 1.165) is 38.5 Å². The summed E-state index contributed by atoms with van der Waals surface area (Å²) >= 11 is 0. The van der Waals surface area contributed by atoms with E-state index in [-0.39, 0.29) is 0 Å². The summed E-state index contributed by atoms with van der Waals surface area (Å²) in [5, 5.41) is 3.39. The zero-order valence-corrected chi connectivity index (χ0v) is 13.1. The first-order valence-corrected chi connectivity index (χ1v) is 8.37. The summed E-state index contributed by atoms with van der Waals surface area (Å²) in [6.07, 6.45) is 9.01. The predicted molar refractivity (Wildman–Crippen MR) is 85.5 cm³/mol. The highest BCUT2D eigenvalue weighted by Gasteiger charge is 2.29. The van der Waals surface area contributed by atoms with Crippen LogP contribution in [0.25, 0.3) is 0 Å². The summed E-state index contributed by atoms with van der Waals surface area (Å²) in [6.45, 7) is 8.78. The molecular weight excluding hydrogens is 262 g/mol. The van der Waals surface area contributed by atoms with Gasteiger partial charge in [0.25, 0.3) is 0 Å². The molecule has 1 aromatic rings. The number of fused-ring (bicyclic) bond motifs is 1. The van der Waals surface area contributed by atoms with Crippen LogP contribution in [0.15, 0.2) is 12.4 Å². The van der Waals surface area contributed by atoms with Gasteiger partial charge in [-0.1, -0.05) is 6.92 Å². The van der Waals surface area contributed by atoms with Crippen LogP contribution in [-0.2, 0) is 6.54 Å². The molecule has 0 radical (unpaired) electrons. The molecule has 0 aromatic carbocycles. The normalized spacial score (nSPS) is 23.1. The van der Waals surface area contributed by atoms with Crippen LogP contribution in [0, 0.1) is 0 Å². The first-order valence-electron chi connectivity index (χ1n) is 8.37. The lowest BCUT2D eigenvalue weighted by molar-refractivity contribution is 0.273. The highest BCUT2D eigenvalue weighted by molar-refractivity contribution is 5.31. The Morgan fingerprint density at radius 3 is 2.81 bits per heavy atom. The maximum atomic E-state index is 4.59. The van der Waals surface area contributed by atoms with Crippen LogP contribution in [0.4, 0.5) is 5.95 Å². The molecule has 1 unspecified atom stereocenters. The molecule has 2 aliphatic heterocycles. The zero-order chi connectivity index (χ0) is 14.5. The fourth-order valence-electron chi connectivity index (χ4n) is 3.40. The average molecular weight is 289 g/mol. The van der Waals surface area contributed by atoms with E-state index < -0.39 is 0 Å². The van der Waals surface area contributed by atoms with E-state index in [1.54, 1.807) is 0 Å². The fraction of sp³-hybridized carbons (Fsp3) is 0.750. The molecule has 1 N–H and O–H groups in total. The Kier molecular flexibility index (Phi) is 5.04. The molecule has 0 aliphatic carbocycles. The van der Waals surface area contributed by atoms with Crippen molar-refractivity contribution in [3.05, 3.63) is 18.0 Å². The minimum absolute atomic E-state index is 0.710. The third kappa shape index (κ3) is 3.71. The van der Waals surface area contributed by atoms with E-state index in [0.29, 0.717) is 6.04 Å². The molecule has 5 heteroatoms. The van der Waals surface area contributed by atoms with E-state index in [4.69, 9.17) is 0 Å². The number of aromatic nitrogens is 2. The van der Waals surface area contributed by atoms with Crippen molar-refractivity contribution in [3.63, 3.8) is 0 Å². The van der Waals surface area contributed by atoms with Crippen LogP contribution < -0.4 is 10.2 Å². The molecule has 0 saturated carbocycles. The summed E-state index contributed by atoms with van der Waals surface area (Å²) in [5.74, 6) is 0.906. The third-order valence-electron chi connectivity index (χ3n) is 4.53. The van der Waals surface area contributed by atoms with E-state index in [9.17, 15) is 0 Å². The second-order valence-corrected chi connectivity index (χ2v) is 6.20. The molecule has 1 aromatic heterocycles. The van der Waals surface area contributed by atoms with E-state index in [1.807, 2.05) is 12.4 Å². The zero-order valence-electron chi connectivity index (χ0n) is 13.1. The highest BCUT2D eigenvalue weighted by Crippen LogP contribution is 2.23. The van der Waals surface area contributed by atoms with Gasteiger partial charge in [-0.05, 0) is 38.8 Å². The first-order chi connectivity index (χ1) is 10.4. The van der Waals surface area contributed by atoms with Gasteiger partial charge < -0.3 is 10.2 Å². The van der Waals surface area contributed by atoms with Crippen molar-refractivity contribution in [2.24, 2.45) is 0 Å². The molecule has 0 amide bonds. The second kappa shape index (κ2) is 7.18. The molecule has 5 nitrogen and oxygen atoms in total. The van der Waals surface area contributed by atoms with Gasteiger partial charge in [0, 0.05) is 50.2 Å². The molecule has 3 rings (SSSR count). The van der Waals surface area contributed by atoms with Gasteiger partial charge in [0.05, 0.1) is 0 Å². The Morgan fingerprint density at radius 2 is 2.00 bits per heavy atom. The molecule has 0 spiro atoms. The molecule has 116 valence electrons. The van der Waals surface area contributed by atoms with Crippen LogP contribution in [0.2, 0.25) is 0 Å². The summed E-state index contributed by atoms with van der Waals surface area (Å²) in [6, 6.07) is 0.710. The molecule has 2 aliphatic rings. The predicted octanol–water partition coefficient (Wildman–Crippen LogP) is 1.65. The number of anilines is 1. The molecule has 2 saturated heterocycles. The van der Waals surface area contributed by atoms with E-state index >= 15 is 0 Å². The highest BCUT2D eigenvalue weighted by atomic mass is 15.3. The SMILES string of the molecule is CCCNCc1cnc(N2CCCN3CCCC3C2)nc1. The van der Waals surface area contributed by atoms with Crippen LogP contribution in [0.5, 0.6) is 0 Å². The lowest BCUT2D eigenvalue weighted by Crippen LogP contribution is -2.37. The monoisotopic (exact) mass is 289 g/mol. The second-order valence-electron chi connectivity index (χ2n) is 6.20. The summed E-state index contributed by atoms with van der Waals surface area (Å²) < 4.78 is 0. The topological polar surface area (TPSA) is 44.3 Å². The van der Waals surface area contributed by atoms with Crippen molar-refractivity contribution >= 4 is 5.95 Å². The van der Waals surface area contributed by atoms with Gasteiger partial charge in [-0.25, -0.2) is 9.97 Å². The molecule has 0 bridgehead atoms. The smallest absolute Gasteiger partial charge is 0.225 e. The molecule has 21 heavy (non-hydrogen) atoms. The first kappa shape index (κ1) is 14.7. The van der Waals surface area contributed by atoms with Crippen molar-refractivity contribution in [2.45, 2.75) is 45.2 Å². The minimum Gasteiger partial charge on any atom is -0.339 e. The Bertz CT molecular complexity index is 433. The average Bonchev–Trinajstić information content (AvgIpc) is 2.85. The summed E-state index contributed by atoms with van der Waals surface area (Å²) in [4.78, 5) is 14.2. The maximum absolute atomic E-state index is 4.59. The Labute approximate surface area is 127 Å². The lowest BCUT2D eigenvalue weighted by Gasteiger charge is -2.25. The van der Waals surface area contributed by atoms with Crippen LogP contribution in [0.3, 0.4) is 0 Å². The number of hydrogen-bond acceptors (Lipinski definition) is 5. The van der Waals surface area contributed by atoms with Gasteiger partial charge in [0.15, 0.2) is 0 Å². The number of hydrogen-bond donors (Lipinski definition) is 1. The van der Waals surface area contributed by atoms with E-state index in [1.165, 1.54) is 37.9 Å². The standard InChI is InChI=1S/C16H27N5/c1-2-6-17-10-14-11-18-16(19-12-14)21-9-4-8-20-7-3-5-15(20)13-21/h11-12,15,17H,2-10,13H2,1H3. The largest absolute Gasteiger partial charge is 0.339 e. The quantitative estimate of drug-likeness (QED) is 0.835. The third-order valence-corrected chi connectivity index (χ3v) is 4.53. The molecule has 1 atom stereocenters. The van der Waals surface area contributed by atoms with Gasteiger partial charge in [-0.2, -0.15) is 0 Å². The fourth-order valence-corrected chi connectivity index (χ4v) is 3.40. The number of nitrogens with one attached hydrogen (secondary N) is 1. The molecule has 2 fully saturated rings. The van der Waals surface area contributed by atoms with Crippen LogP contribution in [-0.4, -0.2) is 53.6 Å². The van der Waals surface area contributed by atoms with Crippen molar-refractivity contribution < 1.29 is 0 Å².